The SMILES string of the molecule is CCOC1=C2CN(S(=O)(=O)c3ccc(C)cc3)[C@H](c3ccccc3)C[C@@H]2N(S(=O)(=O)c2ccc(C)cc2)[C@H](c2cccc3ccccc23)C1. The number of rotatable bonds is 8. The van der Waals surface area contributed by atoms with Crippen LogP contribution in [-0.4, -0.2) is 44.6 Å². The van der Waals surface area contributed by atoms with E-state index >= 15 is 8.42 Å². The van der Waals surface area contributed by atoms with E-state index in [0.717, 1.165) is 33.0 Å². The third-order valence-corrected chi connectivity index (χ3v) is 13.6. The maximum absolute atomic E-state index is 15.0. The van der Waals surface area contributed by atoms with E-state index in [9.17, 15) is 8.42 Å². The second-order valence-corrected chi connectivity index (χ2v) is 16.6. The molecule has 0 radical (unpaired) electrons. The van der Waals surface area contributed by atoms with Crippen LogP contribution < -0.4 is 0 Å². The summed E-state index contributed by atoms with van der Waals surface area (Å²) in [5.74, 6) is 0.649. The van der Waals surface area contributed by atoms with Crippen molar-refractivity contribution in [2.24, 2.45) is 0 Å². The lowest BCUT2D eigenvalue weighted by molar-refractivity contribution is 0.118. The molecule has 252 valence electrons. The van der Waals surface area contributed by atoms with Gasteiger partial charge >= 0.3 is 0 Å². The van der Waals surface area contributed by atoms with Crippen molar-refractivity contribution in [1.29, 1.82) is 0 Å². The van der Waals surface area contributed by atoms with E-state index in [1.165, 1.54) is 4.31 Å². The number of aryl methyl sites for hydroxylation is 2. The predicted molar refractivity (Wildman–Crippen MR) is 193 cm³/mol. The molecule has 2 aliphatic rings. The lowest BCUT2D eigenvalue weighted by Gasteiger charge is -2.49. The van der Waals surface area contributed by atoms with Crippen molar-refractivity contribution in [3.8, 4) is 0 Å². The molecule has 0 N–H and O–H groups in total. The lowest BCUT2D eigenvalue weighted by atomic mass is 9.83. The molecule has 1 saturated heterocycles. The average Bonchev–Trinajstić information content (AvgIpc) is 3.11. The zero-order chi connectivity index (χ0) is 34.3. The summed E-state index contributed by atoms with van der Waals surface area (Å²) < 4.78 is 68.7. The molecule has 0 amide bonds. The Kier molecular flexibility index (Phi) is 8.96. The smallest absolute Gasteiger partial charge is 0.244 e. The van der Waals surface area contributed by atoms with Crippen molar-refractivity contribution < 1.29 is 21.6 Å². The quantitative estimate of drug-likeness (QED) is 0.164. The van der Waals surface area contributed by atoms with Crippen molar-refractivity contribution in [2.75, 3.05) is 13.2 Å². The van der Waals surface area contributed by atoms with Gasteiger partial charge in [-0.05, 0) is 73.4 Å². The number of benzene rings is 5. The van der Waals surface area contributed by atoms with E-state index in [0.29, 0.717) is 17.9 Å². The molecular weight excluding hydrogens is 653 g/mol. The fraction of sp³-hybridized carbons (Fsp3) is 0.250. The molecule has 2 aliphatic heterocycles. The van der Waals surface area contributed by atoms with E-state index in [1.807, 2.05) is 106 Å². The van der Waals surface area contributed by atoms with Gasteiger partial charge in [-0.15, -0.1) is 0 Å². The fourth-order valence-electron chi connectivity index (χ4n) is 7.36. The van der Waals surface area contributed by atoms with Crippen LogP contribution in [0, 0.1) is 13.8 Å². The Morgan fingerprint density at radius 3 is 1.90 bits per heavy atom. The van der Waals surface area contributed by atoms with Crippen molar-refractivity contribution in [2.45, 2.75) is 61.5 Å². The Labute approximate surface area is 289 Å². The van der Waals surface area contributed by atoms with E-state index in [2.05, 4.69) is 0 Å². The highest BCUT2D eigenvalue weighted by molar-refractivity contribution is 7.89. The minimum absolute atomic E-state index is 0.00204. The van der Waals surface area contributed by atoms with Gasteiger partial charge in [0.2, 0.25) is 20.0 Å². The summed E-state index contributed by atoms with van der Waals surface area (Å²) in [6.07, 6.45) is 0.487. The minimum atomic E-state index is -4.09. The Morgan fingerprint density at radius 1 is 0.653 bits per heavy atom. The Bertz CT molecular complexity index is 2230. The van der Waals surface area contributed by atoms with Gasteiger partial charge in [0.15, 0.2) is 0 Å². The molecule has 0 aromatic heterocycles. The van der Waals surface area contributed by atoms with Gasteiger partial charge in [-0.25, -0.2) is 16.8 Å². The molecule has 0 saturated carbocycles. The van der Waals surface area contributed by atoms with Crippen molar-refractivity contribution in [3.05, 3.63) is 155 Å². The van der Waals surface area contributed by atoms with Gasteiger partial charge in [0.25, 0.3) is 0 Å². The predicted octanol–water partition coefficient (Wildman–Crippen LogP) is 8.09. The number of sulfonamides is 2. The summed E-state index contributed by atoms with van der Waals surface area (Å²) in [6, 6.07) is 35.5. The maximum Gasteiger partial charge on any atom is 0.244 e. The van der Waals surface area contributed by atoms with Crippen LogP contribution in [0.3, 0.4) is 0 Å². The first-order valence-electron chi connectivity index (χ1n) is 16.7. The van der Waals surface area contributed by atoms with Crippen LogP contribution in [0.2, 0.25) is 0 Å². The third kappa shape index (κ3) is 6.10. The molecule has 0 unspecified atom stereocenters. The van der Waals surface area contributed by atoms with Crippen LogP contribution in [0.25, 0.3) is 10.8 Å². The van der Waals surface area contributed by atoms with Crippen molar-refractivity contribution in [1.82, 2.24) is 8.61 Å². The van der Waals surface area contributed by atoms with Gasteiger partial charge in [0.05, 0.1) is 40.3 Å². The van der Waals surface area contributed by atoms with Gasteiger partial charge in [-0.2, -0.15) is 8.61 Å². The van der Waals surface area contributed by atoms with Crippen LogP contribution >= 0.6 is 0 Å². The number of fused-ring (bicyclic) bond motifs is 2. The van der Waals surface area contributed by atoms with E-state index in [1.54, 1.807) is 40.7 Å². The van der Waals surface area contributed by atoms with E-state index in [4.69, 9.17) is 4.74 Å². The highest BCUT2D eigenvalue weighted by atomic mass is 32.2. The first-order chi connectivity index (χ1) is 23.6. The second-order valence-electron chi connectivity index (χ2n) is 12.9. The Balaban J connectivity index is 1.46. The Hall–Kier alpha value is -4.28. The van der Waals surface area contributed by atoms with Gasteiger partial charge in [-0.1, -0.05) is 108 Å². The van der Waals surface area contributed by atoms with Crippen LogP contribution in [0.4, 0.5) is 0 Å². The Morgan fingerprint density at radius 2 is 1.24 bits per heavy atom. The summed E-state index contributed by atoms with van der Waals surface area (Å²) in [6.45, 7) is 6.12. The molecule has 5 aromatic rings. The number of nitrogens with zero attached hydrogens (tertiary/aromatic N) is 2. The van der Waals surface area contributed by atoms with Crippen LogP contribution in [0.5, 0.6) is 0 Å². The molecular formula is C40H40N2O5S2. The normalized spacial score (nSPS) is 20.7. The topological polar surface area (TPSA) is 84.0 Å². The minimum Gasteiger partial charge on any atom is -0.498 e. The monoisotopic (exact) mass is 692 g/mol. The molecule has 0 aliphatic carbocycles. The second kappa shape index (κ2) is 13.2. The largest absolute Gasteiger partial charge is 0.498 e. The summed E-state index contributed by atoms with van der Waals surface area (Å²) in [5, 5.41) is 1.99. The zero-order valence-electron chi connectivity index (χ0n) is 27.9. The molecule has 3 atom stereocenters. The summed E-state index contributed by atoms with van der Waals surface area (Å²) in [7, 11) is -8.09. The van der Waals surface area contributed by atoms with Crippen LogP contribution in [0.15, 0.2) is 142 Å². The number of hydrogen-bond acceptors (Lipinski definition) is 5. The highest BCUT2D eigenvalue weighted by Gasteiger charge is 2.51. The first-order valence-corrected chi connectivity index (χ1v) is 19.5. The molecule has 7 nitrogen and oxygen atoms in total. The molecule has 49 heavy (non-hydrogen) atoms. The molecule has 0 bridgehead atoms. The fourth-order valence-corrected chi connectivity index (χ4v) is 10.8. The van der Waals surface area contributed by atoms with Crippen molar-refractivity contribution >= 4 is 30.8 Å². The maximum atomic E-state index is 15.0. The van der Waals surface area contributed by atoms with Crippen LogP contribution in [0.1, 0.15) is 54.1 Å². The first kappa shape index (κ1) is 33.2. The van der Waals surface area contributed by atoms with Gasteiger partial charge < -0.3 is 4.74 Å². The third-order valence-electron chi connectivity index (χ3n) is 9.78. The summed E-state index contributed by atoms with van der Waals surface area (Å²) in [4.78, 5) is 0.401. The van der Waals surface area contributed by atoms with Gasteiger partial charge in [0, 0.05) is 18.5 Å². The molecule has 7 rings (SSSR count). The molecule has 9 heteroatoms. The van der Waals surface area contributed by atoms with E-state index < -0.39 is 38.2 Å². The van der Waals surface area contributed by atoms with Crippen molar-refractivity contribution in [3.63, 3.8) is 0 Å². The number of piperidine rings is 1. The summed E-state index contributed by atoms with van der Waals surface area (Å²) in [5.41, 5.74) is 4.28. The molecule has 2 heterocycles. The standard InChI is InChI=1S/C40H40N2O5S2/c1-4-47-40-26-39(35-16-10-14-30-11-8-9-15-34(30)35)42(49(45,46)33-23-19-29(3)20-24-33)38-25-37(31-12-6-5-7-13-31)41(27-36(38)40)48(43,44)32-21-17-28(2)18-22-32/h5-24,37-39H,4,25-27H2,1-3H3/t37-,38-,39-/m0/s1. The molecule has 5 aromatic carbocycles. The number of ether oxygens (including phenoxy) is 1. The molecule has 1 fully saturated rings. The average molecular weight is 693 g/mol. The van der Waals surface area contributed by atoms with Gasteiger partial charge in [0.1, 0.15) is 0 Å². The van der Waals surface area contributed by atoms with E-state index in [-0.39, 0.29) is 29.2 Å². The summed E-state index contributed by atoms with van der Waals surface area (Å²) >= 11 is 0. The number of hydrogen-bond donors (Lipinski definition) is 0. The van der Waals surface area contributed by atoms with Gasteiger partial charge in [-0.3, -0.25) is 0 Å². The zero-order valence-corrected chi connectivity index (χ0v) is 29.5. The lowest BCUT2D eigenvalue weighted by Crippen LogP contribution is -2.54. The van der Waals surface area contributed by atoms with Crippen LogP contribution in [-0.2, 0) is 24.8 Å². The highest BCUT2D eigenvalue weighted by Crippen LogP contribution is 2.50. The molecule has 0 spiro atoms.